The number of hydrogen-bond donors (Lipinski definition) is 0. The van der Waals surface area contributed by atoms with Crippen molar-refractivity contribution in [2.75, 3.05) is 7.11 Å². The molecule has 2 aromatic rings. The van der Waals surface area contributed by atoms with Gasteiger partial charge in [-0.3, -0.25) is 0 Å². The zero-order chi connectivity index (χ0) is 10.7. The van der Waals surface area contributed by atoms with E-state index < -0.39 is 0 Å². The Kier molecular flexibility index (Phi) is 3.15. The van der Waals surface area contributed by atoms with Crippen molar-refractivity contribution < 1.29 is 4.74 Å². The van der Waals surface area contributed by atoms with Crippen molar-refractivity contribution in [2.45, 2.75) is 0 Å². The molecule has 0 amide bonds. The lowest BCUT2D eigenvalue weighted by molar-refractivity contribution is 0.415. The number of benzene rings is 1. The van der Waals surface area contributed by atoms with Crippen LogP contribution in [0, 0.1) is 3.83 Å². The van der Waals surface area contributed by atoms with Crippen molar-refractivity contribution in [3.8, 4) is 17.0 Å². The predicted molar refractivity (Wildman–Crippen MR) is 66.7 cm³/mol. The Balaban J connectivity index is 2.37. The molecule has 0 aliphatic heterocycles. The van der Waals surface area contributed by atoms with E-state index in [1.54, 1.807) is 13.3 Å². The number of ether oxygens (including phenoxy) is 1. The lowest BCUT2D eigenvalue weighted by Crippen LogP contribution is -1.89. The number of aromatic nitrogens is 2. The number of halogens is 1. The first kappa shape index (κ1) is 10.4. The van der Waals surface area contributed by atoms with E-state index in [-0.39, 0.29) is 0 Å². The fourth-order valence-electron chi connectivity index (χ4n) is 1.26. The van der Waals surface area contributed by atoms with Crippen LogP contribution in [-0.4, -0.2) is 17.1 Å². The maximum atomic E-state index is 5.09. The molecular formula is C11H9IN2O. The van der Waals surface area contributed by atoms with Gasteiger partial charge in [-0.2, -0.15) is 0 Å². The van der Waals surface area contributed by atoms with Crippen LogP contribution in [0.5, 0.6) is 5.75 Å². The summed E-state index contributed by atoms with van der Waals surface area (Å²) in [6.45, 7) is 0. The molecule has 1 aromatic carbocycles. The van der Waals surface area contributed by atoms with Gasteiger partial charge < -0.3 is 4.74 Å². The topological polar surface area (TPSA) is 35.0 Å². The van der Waals surface area contributed by atoms with Gasteiger partial charge in [0, 0.05) is 34.4 Å². The number of methoxy groups -OCH3 is 1. The average Bonchev–Trinajstić information content (AvgIpc) is 2.29. The van der Waals surface area contributed by atoms with E-state index in [0.717, 1.165) is 20.8 Å². The molecule has 0 unspecified atom stereocenters. The zero-order valence-electron chi connectivity index (χ0n) is 8.14. The highest BCUT2D eigenvalue weighted by atomic mass is 127. The van der Waals surface area contributed by atoms with Crippen LogP contribution in [0.1, 0.15) is 0 Å². The predicted octanol–water partition coefficient (Wildman–Crippen LogP) is 2.76. The zero-order valence-corrected chi connectivity index (χ0v) is 10.3. The van der Waals surface area contributed by atoms with Crippen LogP contribution >= 0.6 is 22.6 Å². The Morgan fingerprint density at radius 2 is 1.87 bits per heavy atom. The van der Waals surface area contributed by atoms with Gasteiger partial charge in [0.1, 0.15) is 5.75 Å². The molecule has 15 heavy (non-hydrogen) atoms. The van der Waals surface area contributed by atoms with Gasteiger partial charge in [-0.1, -0.05) is 0 Å². The standard InChI is InChI=1S/C11H9IN2O/c1-15-9-4-2-8(3-5-9)10-6-7-13-11(12)14-10/h2-7H,1H3. The summed E-state index contributed by atoms with van der Waals surface area (Å²) in [5, 5.41) is 0. The summed E-state index contributed by atoms with van der Waals surface area (Å²) in [7, 11) is 1.66. The van der Waals surface area contributed by atoms with Crippen molar-refractivity contribution in [2.24, 2.45) is 0 Å². The van der Waals surface area contributed by atoms with Gasteiger partial charge in [0.15, 0.2) is 3.83 Å². The summed E-state index contributed by atoms with van der Waals surface area (Å²) in [6.07, 6.45) is 1.76. The minimum absolute atomic E-state index is 0.751. The highest BCUT2D eigenvalue weighted by Gasteiger charge is 2.00. The van der Waals surface area contributed by atoms with E-state index in [1.165, 1.54) is 0 Å². The highest BCUT2D eigenvalue weighted by molar-refractivity contribution is 14.1. The summed E-state index contributed by atoms with van der Waals surface area (Å²) in [5.41, 5.74) is 1.99. The molecule has 3 nitrogen and oxygen atoms in total. The van der Waals surface area contributed by atoms with Crippen molar-refractivity contribution >= 4 is 22.6 Å². The first-order valence-corrected chi connectivity index (χ1v) is 5.50. The monoisotopic (exact) mass is 312 g/mol. The second kappa shape index (κ2) is 4.57. The van der Waals surface area contributed by atoms with Crippen molar-refractivity contribution in [3.05, 3.63) is 40.4 Å². The van der Waals surface area contributed by atoms with Crippen LogP contribution in [-0.2, 0) is 0 Å². The number of hydrogen-bond acceptors (Lipinski definition) is 3. The maximum Gasteiger partial charge on any atom is 0.191 e. The molecule has 1 aromatic heterocycles. The molecule has 0 atom stereocenters. The third kappa shape index (κ3) is 2.44. The molecule has 2 rings (SSSR count). The van der Waals surface area contributed by atoms with Gasteiger partial charge in [-0.25, -0.2) is 9.97 Å². The van der Waals surface area contributed by atoms with E-state index >= 15 is 0 Å². The van der Waals surface area contributed by atoms with Crippen molar-refractivity contribution in [1.29, 1.82) is 0 Å². The molecule has 0 aliphatic carbocycles. The van der Waals surface area contributed by atoms with Gasteiger partial charge in [-0.05, 0) is 30.3 Å². The summed E-state index contributed by atoms with van der Waals surface area (Å²) in [5.74, 6) is 0.850. The van der Waals surface area contributed by atoms with E-state index in [2.05, 4.69) is 32.6 Å². The Morgan fingerprint density at radius 1 is 1.13 bits per heavy atom. The van der Waals surface area contributed by atoms with Crippen molar-refractivity contribution in [3.63, 3.8) is 0 Å². The quantitative estimate of drug-likeness (QED) is 0.632. The molecule has 0 spiro atoms. The van der Waals surface area contributed by atoms with E-state index in [4.69, 9.17) is 4.74 Å². The third-order valence-corrected chi connectivity index (χ3v) is 2.53. The second-order valence-electron chi connectivity index (χ2n) is 2.94. The van der Waals surface area contributed by atoms with Crippen LogP contribution in [0.25, 0.3) is 11.3 Å². The minimum atomic E-state index is 0.751. The fraction of sp³-hybridized carbons (Fsp3) is 0.0909. The highest BCUT2D eigenvalue weighted by Crippen LogP contribution is 2.20. The molecule has 4 heteroatoms. The molecule has 0 saturated carbocycles. The normalized spacial score (nSPS) is 10.0. The molecule has 0 fully saturated rings. The average molecular weight is 312 g/mol. The molecule has 0 radical (unpaired) electrons. The molecule has 0 saturated heterocycles. The lowest BCUT2D eigenvalue weighted by atomic mass is 10.1. The summed E-state index contributed by atoms with van der Waals surface area (Å²) < 4.78 is 5.85. The molecule has 0 aliphatic rings. The Morgan fingerprint density at radius 3 is 2.47 bits per heavy atom. The van der Waals surface area contributed by atoms with Gasteiger partial charge in [0.2, 0.25) is 0 Å². The Bertz CT molecular complexity index is 456. The minimum Gasteiger partial charge on any atom is -0.497 e. The van der Waals surface area contributed by atoms with Gasteiger partial charge in [-0.15, -0.1) is 0 Å². The van der Waals surface area contributed by atoms with Gasteiger partial charge in [0.05, 0.1) is 12.8 Å². The smallest absolute Gasteiger partial charge is 0.191 e. The van der Waals surface area contributed by atoms with Gasteiger partial charge >= 0.3 is 0 Å². The third-order valence-electron chi connectivity index (χ3n) is 2.01. The maximum absolute atomic E-state index is 5.09. The largest absolute Gasteiger partial charge is 0.497 e. The van der Waals surface area contributed by atoms with Crippen LogP contribution in [0.2, 0.25) is 0 Å². The van der Waals surface area contributed by atoms with Crippen LogP contribution < -0.4 is 4.74 Å². The summed E-state index contributed by atoms with van der Waals surface area (Å²) in [4.78, 5) is 8.38. The van der Waals surface area contributed by atoms with Gasteiger partial charge in [0.25, 0.3) is 0 Å². The van der Waals surface area contributed by atoms with Crippen LogP contribution in [0.3, 0.4) is 0 Å². The lowest BCUT2D eigenvalue weighted by Gasteiger charge is -2.02. The molecule has 0 N–H and O–H groups in total. The Labute approximate surface area is 102 Å². The number of nitrogens with zero attached hydrogens (tertiary/aromatic N) is 2. The molecule has 1 heterocycles. The Hall–Kier alpha value is -1.17. The first-order chi connectivity index (χ1) is 7.29. The second-order valence-corrected chi connectivity index (χ2v) is 3.90. The number of rotatable bonds is 2. The molecular weight excluding hydrogens is 303 g/mol. The van der Waals surface area contributed by atoms with Crippen LogP contribution in [0.4, 0.5) is 0 Å². The van der Waals surface area contributed by atoms with E-state index in [9.17, 15) is 0 Å². The van der Waals surface area contributed by atoms with E-state index in [0.29, 0.717) is 0 Å². The van der Waals surface area contributed by atoms with Crippen LogP contribution in [0.15, 0.2) is 36.5 Å². The SMILES string of the molecule is COc1ccc(-c2ccnc(I)n2)cc1. The summed E-state index contributed by atoms with van der Waals surface area (Å²) >= 11 is 2.10. The molecule has 76 valence electrons. The first-order valence-electron chi connectivity index (χ1n) is 4.42. The molecule has 0 bridgehead atoms. The van der Waals surface area contributed by atoms with Crippen molar-refractivity contribution in [1.82, 2.24) is 9.97 Å². The fourth-order valence-corrected chi connectivity index (χ4v) is 1.68. The van der Waals surface area contributed by atoms with E-state index in [1.807, 2.05) is 30.3 Å². The summed E-state index contributed by atoms with van der Waals surface area (Å²) in [6, 6.07) is 9.70.